The molecule has 1 aliphatic rings. The minimum Gasteiger partial charge on any atom is -0.381 e. The van der Waals surface area contributed by atoms with Crippen LogP contribution in [0.5, 0.6) is 0 Å². The molecule has 0 aromatic carbocycles. The van der Waals surface area contributed by atoms with Gasteiger partial charge in [-0.1, -0.05) is 13.3 Å². The first kappa shape index (κ1) is 14.5. The number of rotatable bonds is 7. The van der Waals surface area contributed by atoms with Crippen molar-refractivity contribution in [3.05, 3.63) is 0 Å². The summed E-state index contributed by atoms with van der Waals surface area (Å²) in [5.74, 6) is 0.710. The van der Waals surface area contributed by atoms with E-state index < -0.39 is 0 Å². The molecule has 0 saturated carbocycles. The molecule has 1 rings (SSSR count). The van der Waals surface area contributed by atoms with Crippen LogP contribution in [0.15, 0.2) is 0 Å². The maximum Gasteiger partial charge on any atom is 0.224 e. The number of ether oxygens (including phenoxy) is 1. The summed E-state index contributed by atoms with van der Waals surface area (Å²) in [6, 6.07) is 0.0152. The van der Waals surface area contributed by atoms with Gasteiger partial charge in [-0.15, -0.1) is 0 Å². The molecule has 0 radical (unpaired) electrons. The Balaban J connectivity index is 2.34. The molecule has 2 atom stereocenters. The Morgan fingerprint density at radius 2 is 2.29 bits per heavy atom. The summed E-state index contributed by atoms with van der Waals surface area (Å²) < 4.78 is 5.34. The highest BCUT2D eigenvalue weighted by molar-refractivity contribution is 5.76. The second kappa shape index (κ2) is 7.67. The van der Waals surface area contributed by atoms with E-state index in [0.29, 0.717) is 12.3 Å². The first-order chi connectivity index (χ1) is 8.17. The number of carbonyl (C=O) groups excluding carboxylic acids is 1. The lowest BCUT2D eigenvalue weighted by Gasteiger charge is -2.25. The van der Waals surface area contributed by atoms with Crippen LogP contribution >= 0.6 is 0 Å². The van der Waals surface area contributed by atoms with Crippen LogP contribution in [0.3, 0.4) is 0 Å². The van der Waals surface area contributed by atoms with Crippen LogP contribution in [-0.4, -0.2) is 43.2 Å². The van der Waals surface area contributed by atoms with Crippen molar-refractivity contribution >= 4 is 5.91 Å². The molecule has 0 aromatic heterocycles. The SMILES string of the molecule is CCCC(N)CC(=O)N(CC)CC1CCOC1. The Hall–Kier alpha value is -0.610. The van der Waals surface area contributed by atoms with Gasteiger partial charge in [-0.05, 0) is 19.8 Å². The molecule has 2 N–H and O–H groups in total. The summed E-state index contributed by atoms with van der Waals surface area (Å²) in [5, 5.41) is 0. The lowest BCUT2D eigenvalue weighted by atomic mass is 10.1. The highest BCUT2D eigenvalue weighted by Gasteiger charge is 2.22. The minimum atomic E-state index is 0.0152. The molecule has 4 nitrogen and oxygen atoms in total. The second-order valence-corrected chi connectivity index (χ2v) is 4.91. The monoisotopic (exact) mass is 242 g/mol. The Morgan fingerprint density at radius 3 is 2.82 bits per heavy atom. The van der Waals surface area contributed by atoms with Crippen molar-refractivity contribution in [1.82, 2.24) is 4.90 Å². The summed E-state index contributed by atoms with van der Waals surface area (Å²) in [6.07, 6.45) is 3.52. The molecule has 1 fully saturated rings. The van der Waals surface area contributed by atoms with Gasteiger partial charge in [0, 0.05) is 38.1 Å². The predicted octanol–water partition coefficient (Wildman–Crippen LogP) is 1.39. The first-order valence-electron chi connectivity index (χ1n) is 6.78. The summed E-state index contributed by atoms with van der Waals surface area (Å²) in [4.78, 5) is 14.0. The van der Waals surface area contributed by atoms with Gasteiger partial charge in [0.2, 0.25) is 5.91 Å². The summed E-state index contributed by atoms with van der Waals surface area (Å²) in [6.45, 7) is 7.36. The Bertz CT molecular complexity index is 227. The molecule has 0 aromatic rings. The molecular weight excluding hydrogens is 216 g/mol. The van der Waals surface area contributed by atoms with Crippen LogP contribution in [-0.2, 0) is 9.53 Å². The van der Waals surface area contributed by atoms with Crippen molar-refractivity contribution < 1.29 is 9.53 Å². The van der Waals surface area contributed by atoms with Crippen LogP contribution in [0.2, 0.25) is 0 Å². The average molecular weight is 242 g/mol. The molecule has 2 unspecified atom stereocenters. The predicted molar refractivity (Wildman–Crippen MR) is 68.7 cm³/mol. The van der Waals surface area contributed by atoms with E-state index in [2.05, 4.69) is 6.92 Å². The number of hydrogen-bond donors (Lipinski definition) is 1. The van der Waals surface area contributed by atoms with Gasteiger partial charge >= 0.3 is 0 Å². The maximum absolute atomic E-state index is 12.1. The van der Waals surface area contributed by atoms with E-state index in [1.807, 2.05) is 11.8 Å². The van der Waals surface area contributed by atoms with Crippen molar-refractivity contribution in [2.24, 2.45) is 11.7 Å². The fourth-order valence-electron chi connectivity index (χ4n) is 2.27. The van der Waals surface area contributed by atoms with E-state index in [1.165, 1.54) is 0 Å². The Morgan fingerprint density at radius 1 is 1.53 bits per heavy atom. The van der Waals surface area contributed by atoms with Gasteiger partial charge in [-0.2, -0.15) is 0 Å². The van der Waals surface area contributed by atoms with Crippen molar-refractivity contribution in [1.29, 1.82) is 0 Å². The smallest absolute Gasteiger partial charge is 0.224 e. The lowest BCUT2D eigenvalue weighted by Crippen LogP contribution is -2.38. The molecule has 100 valence electrons. The zero-order chi connectivity index (χ0) is 12.7. The molecule has 0 aliphatic carbocycles. The molecule has 0 bridgehead atoms. The van der Waals surface area contributed by atoms with Crippen LogP contribution < -0.4 is 5.73 Å². The molecule has 17 heavy (non-hydrogen) atoms. The summed E-state index contributed by atoms with van der Waals surface area (Å²) in [7, 11) is 0. The van der Waals surface area contributed by atoms with Crippen LogP contribution in [0, 0.1) is 5.92 Å². The molecule has 0 spiro atoms. The summed E-state index contributed by atoms with van der Waals surface area (Å²) in [5.41, 5.74) is 5.91. The van der Waals surface area contributed by atoms with Gasteiger partial charge in [-0.25, -0.2) is 0 Å². The van der Waals surface area contributed by atoms with E-state index in [0.717, 1.165) is 45.6 Å². The van der Waals surface area contributed by atoms with E-state index in [9.17, 15) is 4.79 Å². The van der Waals surface area contributed by atoms with Gasteiger partial charge in [0.05, 0.1) is 6.61 Å². The quantitative estimate of drug-likeness (QED) is 0.734. The maximum atomic E-state index is 12.1. The molecular formula is C13H26N2O2. The molecule has 1 saturated heterocycles. The van der Waals surface area contributed by atoms with E-state index in [4.69, 9.17) is 10.5 Å². The largest absolute Gasteiger partial charge is 0.381 e. The van der Waals surface area contributed by atoms with Crippen molar-refractivity contribution in [2.45, 2.75) is 45.6 Å². The van der Waals surface area contributed by atoms with E-state index >= 15 is 0 Å². The van der Waals surface area contributed by atoms with Gasteiger partial charge in [0.1, 0.15) is 0 Å². The van der Waals surface area contributed by atoms with Gasteiger partial charge in [0.15, 0.2) is 0 Å². The minimum absolute atomic E-state index is 0.0152. The average Bonchev–Trinajstić information content (AvgIpc) is 2.78. The highest BCUT2D eigenvalue weighted by atomic mass is 16.5. The summed E-state index contributed by atoms with van der Waals surface area (Å²) >= 11 is 0. The van der Waals surface area contributed by atoms with Crippen molar-refractivity contribution in [3.63, 3.8) is 0 Å². The van der Waals surface area contributed by atoms with E-state index in [1.54, 1.807) is 0 Å². The topological polar surface area (TPSA) is 55.6 Å². The fourth-order valence-corrected chi connectivity index (χ4v) is 2.27. The number of nitrogens with zero attached hydrogens (tertiary/aromatic N) is 1. The lowest BCUT2D eigenvalue weighted by molar-refractivity contribution is -0.132. The second-order valence-electron chi connectivity index (χ2n) is 4.91. The fraction of sp³-hybridized carbons (Fsp3) is 0.923. The standard InChI is InChI=1S/C13H26N2O2/c1-3-5-12(14)8-13(16)15(4-2)9-11-6-7-17-10-11/h11-12H,3-10,14H2,1-2H3. The number of carbonyl (C=O) groups is 1. The molecule has 1 amide bonds. The third kappa shape index (κ3) is 5.04. The Kier molecular flexibility index (Phi) is 6.52. The highest BCUT2D eigenvalue weighted by Crippen LogP contribution is 2.14. The van der Waals surface area contributed by atoms with Gasteiger partial charge in [0.25, 0.3) is 0 Å². The first-order valence-corrected chi connectivity index (χ1v) is 6.78. The van der Waals surface area contributed by atoms with Crippen LogP contribution in [0.1, 0.15) is 39.5 Å². The van der Waals surface area contributed by atoms with Gasteiger partial charge < -0.3 is 15.4 Å². The normalized spacial score (nSPS) is 21.5. The zero-order valence-electron chi connectivity index (χ0n) is 11.2. The van der Waals surface area contributed by atoms with Crippen molar-refractivity contribution in [3.8, 4) is 0 Å². The number of hydrogen-bond acceptors (Lipinski definition) is 3. The molecule has 4 heteroatoms. The molecule has 1 heterocycles. The number of amides is 1. The van der Waals surface area contributed by atoms with Crippen LogP contribution in [0.25, 0.3) is 0 Å². The molecule has 1 aliphatic heterocycles. The van der Waals surface area contributed by atoms with Gasteiger partial charge in [-0.3, -0.25) is 4.79 Å². The third-order valence-corrected chi connectivity index (χ3v) is 3.33. The zero-order valence-corrected chi connectivity index (χ0v) is 11.2. The Labute approximate surface area is 104 Å². The van der Waals surface area contributed by atoms with Crippen molar-refractivity contribution in [2.75, 3.05) is 26.3 Å². The van der Waals surface area contributed by atoms with E-state index in [-0.39, 0.29) is 11.9 Å². The third-order valence-electron chi connectivity index (χ3n) is 3.33. The number of nitrogens with two attached hydrogens (primary N) is 1. The van der Waals surface area contributed by atoms with Crippen LogP contribution in [0.4, 0.5) is 0 Å².